The van der Waals surface area contributed by atoms with Gasteiger partial charge in [0.05, 0.1) is 5.56 Å². The Morgan fingerprint density at radius 1 is 1.05 bits per heavy atom. The highest BCUT2D eigenvalue weighted by Crippen LogP contribution is 2.24. The second kappa shape index (κ2) is 5.44. The van der Waals surface area contributed by atoms with Crippen molar-refractivity contribution in [2.75, 3.05) is 0 Å². The lowest BCUT2D eigenvalue weighted by molar-refractivity contribution is -0.660. The number of aromatic nitrogens is 1. The quantitative estimate of drug-likeness (QED) is 0.602. The third-order valence-electron chi connectivity index (χ3n) is 3.73. The van der Waals surface area contributed by atoms with E-state index >= 15 is 0 Å². The van der Waals surface area contributed by atoms with Crippen molar-refractivity contribution in [3.63, 3.8) is 0 Å². The average molecular weight is 282 g/mol. The van der Waals surface area contributed by atoms with Gasteiger partial charge < -0.3 is 0 Å². The fourth-order valence-electron chi connectivity index (χ4n) is 2.56. The molecule has 0 spiro atoms. The molecule has 0 amide bonds. The molecule has 0 unspecified atom stereocenters. The molecule has 2 heteroatoms. The summed E-state index contributed by atoms with van der Waals surface area (Å²) in [6.45, 7) is 10.1. The molecule has 0 saturated carbocycles. The first-order valence-electron chi connectivity index (χ1n) is 7.32. The molecule has 2 rings (SSSR count). The summed E-state index contributed by atoms with van der Waals surface area (Å²) in [6.07, 6.45) is 1.93. The second-order valence-electron chi connectivity index (χ2n) is 6.81. The van der Waals surface area contributed by atoms with E-state index in [1.54, 1.807) is 0 Å². The van der Waals surface area contributed by atoms with Crippen LogP contribution in [0.4, 0.5) is 0 Å². The fraction of sp³-hybridized carbons (Fsp3) is 0.368. The number of carbonyl (C=O) groups is 1. The molecule has 1 aromatic carbocycles. The Morgan fingerprint density at radius 2 is 1.71 bits per heavy atom. The van der Waals surface area contributed by atoms with Gasteiger partial charge in [-0.3, -0.25) is 4.79 Å². The molecule has 2 aromatic rings. The second-order valence-corrected chi connectivity index (χ2v) is 6.81. The Kier molecular flexibility index (Phi) is 3.99. The van der Waals surface area contributed by atoms with E-state index in [2.05, 4.69) is 32.0 Å². The van der Waals surface area contributed by atoms with Crippen molar-refractivity contribution in [3.8, 4) is 11.3 Å². The smallest absolute Gasteiger partial charge is 0.212 e. The van der Waals surface area contributed by atoms with Crippen LogP contribution in [-0.2, 0) is 7.05 Å². The van der Waals surface area contributed by atoms with Gasteiger partial charge in [0.25, 0.3) is 0 Å². The monoisotopic (exact) mass is 282 g/mol. The van der Waals surface area contributed by atoms with Crippen molar-refractivity contribution < 1.29 is 9.36 Å². The minimum atomic E-state index is -0.353. The summed E-state index contributed by atoms with van der Waals surface area (Å²) >= 11 is 0. The molecule has 0 N–H and O–H groups in total. The van der Waals surface area contributed by atoms with Gasteiger partial charge >= 0.3 is 0 Å². The van der Waals surface area contributed by atoms with Gasteiger partial charge in [-0.2, -0.15) is 0 Å². The third-order valence-corrected chi connectivity index (χ3v) is 3.73. The molecule has 0 atom stereocenters. The Balaban J connectivity index is 2.47. The number of rotatable bonds is 2. The van der Waals surface area contributed by atoms with E-state index in [4.69, 9.17) is 0 Å². The number of pyridine rings is 1. The van der Waals surface area contributed by atoms with E-state index < -0.39 is 0 Å². The van der Waals surface area contributed by atoms with Crippen LogP contribution in [0.15, 0.2) is 36.5 Å². The number of Topliss-reactive ketones (excluding diaryl/α,β-unsaturated/α-hetero) is 1. The molecule has 0 saturated heterocycles. The van der Waals surface area contributed by atoms with Crippen LogP contribution < -0.4 is 4.57 Å². The number of ketones is 1. The van der Waals surface area contributed by atoms with E-state index in [-0.39, 0.29) is 11.2 Å². The summed E-state index contributed by atoms with van der Waals surface area (Å²) in [6, 6.07) is 10.4. The number of benzene rings is 1. The van der Waals surface area contributed by atoms with E-state index in [1.807, 2.05) is 50.7 Å². The predicted octanol–water partition coefficient (Wildman–Crippen LogP) is 4.02. The maximum absolute atomic E-state index is 12.4. The first kappa shape index (κ1) is 15.4. The van der Waals surface area contributed by atoms with Crippen molar-refractivity contribution in [2.45, 2.75) is 34.6 Å². The lowest BCUT2D eigenvalue weighted by atomic mass is 9.87. The Morgan fingerprint density at radius 3 is 2.24 bits per heavy atom. The Labute approximate surface area is 127 Å². The topological polar surface area (TPSA) is 20.9 Å². The minimum absolute atomic E-state index is 0.172. The molecule has 1 heterocycles. The molecule has 0 aliphatic carbocycles. The highest BCUT2D eigenvalue weighted by atomic mass is 16.1. The van der Waals surface area contributed by atoms with Gasteiger partial charge in [0, 0.05) is 17.0 Å². The van der Waals surface area contributed by atoms with E-state index in [9.17, 15) is 4.79 Å². The summed E-state index contributed by atoms with van der Waals surface area (Å²) in [5, 5.41) is 0. The summed E-state index contributed by atoms with van der Waals surface area (Å²) in [7, 11) is 1.99. The molecule has 0 aliphatic rings. The number of carbonyl (C=O) groups excluding carboxylic acids is 1. The van der Waals surface area contributed by atoms with E-state index in [1.165, 1.54) is 16.7 Å². The summed E-state index contributed by atoms with van der Waals surface area (Å²) < 4.78 is 2.04. The van der Waals surface area contributed by atoms with Crippen LogP contribution in [0.1, 0.15) is 42.3 Å². The van der Waals surface area contributed by atoms with Crippen molar-refractivity contribution >= 4 is 5.78 Å². The summed E-state index contributed by atoms with van der Waals surface area (Å²) in [4.78, 5) is 12.4. The van der Waals surface area contributed by atoms with Crippen molar-refractivity contribution in [1.82, 2.24) is 0 Å². The lowest BCUT2D eigenvalue weighted by Gasteiger charge is -2.16. The normalized spacial score (nSPS) is 11.5. The average Bonchev–Trinajstić information content (AvgIpc) is 2.37. The lowest BCUT2D eigenvalue weighted by Crippen LogP contribution is -2.33. The van der Waals surface area contributed by atoms with Crippen molar-refractivity contribution in [1.29, 1.82) is 0 Å². The maximum atomic E-state index is 12.4. The van der Waals surface area contributed by atoms with Gasteiger partial charge in [-0.05, 0) is 31.5 Å². The molecular formula is C19H24NO+. The number of hydrogen-bond donors (Lipinski definition) is 0. The number of aryl methyl sites for hydroxylation is 3. The predicted molar refractivity (Wildman–Crippen MR) is 86.3 cm³/mol. The fourth-order valence-corrected chi connectivity index (χ4v) is 2.56. The maximum Gasteiger partial charge on any atom is 0.212 e. The molecule has 1 aromatic heterocycles. The Hall–Kier alpha value is -1.96. The number of nitrogens with zero attached hydrogens (tertiary/aromatic N) is 1. The highest BCUT2D eigenvalue weighted by molar-refractivity contribution is 5.99. The van der Waals surface area contributed by atoms with Crippen molar-refractivity contribution in [3.05, 3.63) is 53.2 Å². The first-order chi connectivity index (χ1) is 9.70. The van der Waals surface area contributed by atoms with Gasteiger partial charge in [0.15, 0.2) is 12.0 Å². The molecule has 0 radical (unpaired) electrons. The van der Waals surface area contributed by atoms with Crippen LogP contribution in [0.25, 0.3) is 11.3 Å². The zero-order valence-corrected chi connectivity index (χ0v) is 13.8. The SMILES string of the molecule is Cc1ccc(-c2ccc(C(=O)C(C)(C)C)c[n+]2C)c(C)c1. The van der Waals surface area contributed by atoms with Crippen LogP contribution in [0.5, 0.6) is 0 Å². The van der Waals surface area contributed by atoms with E-state index in [0.29, 0.717) is 0 Å². The van der Waals surface area contributed by atoms with E-state index in [0.717, 1.165) is 11.3 Å². The van der Waals surface area contributed by atoms with Gasteiger partial charge in [-0.1, -0.05) is 38.5 Å². The molecule has 0 aliphatic heterocycles. The molecule has 0 bridgehead atoms. The molecule has 110 valence electrons. The molecular weight excluding hydrogens is 258 g/mol. The first-order valence-corrected chi connectivity index (χ1v) is 7.32. The molecule has 0 fully saturated rings. The van der Waals surface area contributed by atoms with Crippen LogP contribution in [0.2, 0.25) is 0 Å². The zero-order chi connectivity index (χ0) is 15.8. The molecule has 21 heavy (non-hydrogen) atoms. The highest BCUT2D eigenvalue weighted by Gasteiger charge is 2.25. The standard InChI is InChI=1S/C19H24NO/c1-13-7-9-16(14(2)11-13)17-10-8-15(12-20(17)6)18(21)19(3,4)5/h7-12H,1-6H3/q+1. The minimum Gasteiger partial charge on any atom is -0.293 e. The zero-order valence-electron chi connectivity index (χ0n) is 13.8. The van der Waals surface area contributed by atoms with Crippen LogP contribution in [0, 0.1) is 19.3 Å². The van der Waals surface area contributed by atoms with Gasteiger partial charge in [-0.25, -0.2) is 4.57 Å². The van der Waals surface area contributed by atoms with Gasteiger partial charge in [-0.15, -0.1) is 0 Å². The van der Waals surface area contributed by atoms with Crippen LogP contribution in [0.3, 0.4) is 0 Å². The summed E-state index contributed by atoms with van der Waals surface area (Å²) in [5.41, 5.74) is 5.25. The van der Waals surface area contributed by atoms with Crippen LogP contribution >= 0.6 is 0 Å². The third kappa shape index (κ3) is 3.21. The van der Waals surface area contributed by atoms with Gasteiger partial charge in [0.1, 0.15) is 7.05 Å². The molecule has 2 nitrogen and oxygen atoms in total. The van der Waals surface area contributed by atoms with Crippen LogP contribution in [-0.4, -0.2) is 5.78 Å². The Bertz CT molecular complexity index is 693. The summed E-state index contributed by atoms with van der Waals surface area (Å²) in [5.74, 6) is 0.172. The number of hydrogen-bond acceptors (Lipinski definition) is 1. The largest absolute Gasteiger partial charge is 0.293 e. The van der Waals surface area contributed by atoms with Gasteiger partial charge in [0.2, 0.25) is 5.69 Å². The van der Waals surface area contributed by atoms with Crippen molar-refractivity contribution in [2.24, 2.45) is 12.5 Å².